The fraction of sp³-hybridized carbons (Fsp3) is 0.235. The van der Waals surface area contributed by atoms with Gasteiger partial charge >= 0.3 is 0 Å². The molecular weight excluding hydrogens is 342 g/mol. The summed E-state index contributed by atoms with van der Waals surface area (Å²) >= 11 is 11.3. The van der Waals surface area contributed by atoms with E-state index in [1.54, 1.807) is 4.68 Å². The monoisotopic (exact) mass is 359 g/mol. The first kappa shape index (κ1) is 16.7. The molecule has 124 valence electrons. The Labute approximate surface area is 150 Å². The van der Waals surface area contributed by atoms with Crippen LogP contribution in [-0.4, -0.2) is 25.7 Å². The summed E-state index contributed by atoms with van der Waals surface area (Å²) in [5.41, 5.74) is 4.26. The fourth-order valence-corrected chi connectivity index (χ4v) is 3.11. The van der Waals surface area contributed by atoms with Crippen molar-refractivity contribution in [2.24, 2.45) is 5.10 Å². The number of aromatic nitrogens is 4. The maximum atomic E-state index is 6.12. The lowest BCUT2D eigenvalue weighted by molar-refractivity contribution is 0.780. The van der Waals surface area contributed by atoms with Crippen LogP contribution in [0.25, 0.3) is 5.69 Å². The average Bonchev–Trinajstić information content (AvgIpc) is 3.04. The number of aromatic amines is 1. The second-order valence-electron chi connectivity index (χ2n) is 5.50. The average molecular weight is 360 g/mol. The van der Waals surface area contributed by atoms with Gasteiger partial charge in [-0.1, -0.05) is 24.6 Å². The highest BCUT2D eigenvalue weighted by molar-refractivity contribution is 7.71. The van der Waals surface area contributed by atoms with E-state index in [2.05, 4.69) is 39.8 Å². The van der Waals surface area contributed by atoms with Crippen molar-refractivity contribution in [2.45, 2.75) is 27.2 Å². The molecule has 2 aromatic heterocycles. The van der Waals surface area contributed by atoms with Crippen LogP contribution >= 0.6 is 23.8 Å². The molecule has 3 aromatic rings. The molecule has 0 unspecified atom stereocenters. The Morgan fingerprint density at radius 1 is 1.33 bits per heavy atom. The van der Waals surface area contributed by atoms with Crippen molar-refractivity contribution < 1.29 is 0 Å². The maximum absolute atomic E-state index is 6.12. The first-order chi connectivity index (χ1) is 11.5. The van der Waals surface area contributed by atoms with Crippen LogP contribution < -0.4 is 0 Å². The van der Waals surface area contributed by atoms with Crippen LogP contribution in [0, 0.1) is 18.6 Å². The van der Waals surface area contributed by atoms with Crippen molar-refractivity contribution in [3.05, 3.63) is 62.9 Å². The lowest BCUT2D eigenvalue weighted by atomic mass is 10.2. The molecule has 0 atom stereocenters. The molecule has 0 saturated heterocycles. The highest BCUT2D eigenvalue weighted by Crippen LogP contribution is 2.22. The van der Waals surface area contributed by atoms with Gasteiger partial charge in [-0.05, 0) is 50.3 Å². The molecule has 0 aliphatic carbocycles. The third kappa shape index (κ3) is 3.07. The summed E-state index contributed by atoms with van der Waals surface area (Å²) in [4.78, 5) is 0. The second-order valence-corrected chi connectivity index (χ2v) is 6.32. The van der Waals surface area contributed by atoms with Gasteiger partial charge in [0.25, 0.3) is 0 Å². The van der Waals surface area contributed by atoms with Crippen LogP contribution in [0.4, 0.5) is 0 Å². The lowest BCUT2D eigenvalue weighted by Gasteiger charge is -2.09. The van der Waals surface area contributed by atoms with E-state index in [0.717, 1.165) is 34.9 Å². The molecule has 1 N–H and O–H groups in total. The van der Waals surface area contributed by atoms with Crippen LogP contribution in [0.3, 0.4) is 0 Å². The smallest absolute Gasteiger partial charge is 0.216 e. The summed E-state index contributed by atoms with van der Waals surface area (Å²) in [5, 5.41) is 12.1. The van der Waals surface area contributed by atoms with Gasteiger partial charge in [-0.25, -0.2) is 0 Å². The van der Waals surface area contributed by atoms with E-state index in [1.165, 1.54) is 0 Å². The molecule has 0 spiro atoms. The Morgan fingerprint density at radius 2 is 2.12 bits per heavy atom. The molecule has 0 radical (unpaired) electrons. The van der Waals surface area contributed by atoms with Gasteiger partial charge in [-0.15, -0.1) is 0 Å². The van der Waals surface area contributed by atoms with Gasteiger partial charge in [0.1, 0.15) is 0 Å². The number of H-pyrrole nitrogens is 1. The second kappa shape index (κ2) is 6.75. The third-order valence-corrected chi connectivity index (χ3v) is 4.38. The Bertz CT molecular complexity index is 964. The summed E-state index contributed by atoms with van der Waals surface area (Å²) in [5.74, 6) is 0.805. The SMILES string of the molecule is CCc1n[nH]c(=S)n1/N=C\c1cc(C)n(-c2cccc(Cl)c2)c1C. The minimum absolute atomic E-state index is 0.492. The van der Waals surface area contributed by atoms with Gasteiger partial charge in [-0.3, -0.25) is 5.10 Å². The van der Waals surface area contributed by atoms with Crippen molar-refractivity contribution in [1.82, 2.24) is 19.4 Å². The standard InChI is InChI=1S/C17H18ClN5S/c1-4-16-20-21-17(24)23(16)19-10-13-8-11(2)22(12(13)3)15-7-5-6-14(18)9-15/h5-10H,4H2,1-3H3,(H,21,24)/b19-10-. The zero-order valence-corrected chi connectivity index (χ0v) is 15.3. The number of hydrogen-bond acceptors (Lipinski definition) is 3. The zero-order chi connectivity index (χ0) is 17.3. The van der Waals surface area contributed by atoms with Crippen LogP contribution in [0.15, 0.2) is 35.4 Å². The van der Waals surface area contributed by atoms with Gasteiger partial charge in [0.2, 0.25) is 4.77 Å². The number of rotatable bonds is 4. The molecule has 1 aromatic carbocycles. The molecule has 0 aliphatic rings. The van der Waals surface area contributed by atoms with Crippen molar-refractivity contribution in [2.75, 3.05) is 0 Å². The molecule has 24 heavy (non-hydrogen) atoms. The molecule has 3 rings (SSSR count). The van der Waals surface area contributed by atoms with E-state index in [9.17, 15) is 0 Å². The van der Waals surface area contributed by atoms with Gasteiger partial charge in [0.05, 0.1) is 6.21 Å². The molecular formula is C17H18ClN5S. The molecule has 0 bridgehead atoms. The van der Waals surface area contributed by atoms with Crippen molar-refractivity contribution >= 4 is 30.0 Å². The molecule has 2 heterocycles. The predicted molar refractivity (Wildman–Crippen MR) is 100 cm³/mol. The highest BCUT2D eigenvalue weighted by atomic mass is 35.5. The number of nitrogens with zero attached hydrogens (tertiary/aromatic N) is 4. The first-order valence-electron chi connectivity index (χ1n) is 7.66. The number of benzene rings is 1. The maximum Gasteiger partial charge on any atom is 0.216 e. The lowest BCUT2D eigenvalue weighted by Crippen LogP contribution is -2.00. The molecule has 0 aliphatic heterocycles. The van der Waals surface area contributed by atoms with Crippen LogP contribution in [0.2, 0.25) is 5.02 Å². The predicted octanol–water partition coefficient (Wildman–Crippen LogP) is 4.45. The van der Waals surface area contributed by atoms with Gasteiger partial charge < -0.3 is 4.57 Å². The Kier molecular flexibility index (Phi) is 4.69. The summed E-state index contributed by atoms with van der Waals surface area (Å²) in [7, 11) is 0. The molecule has 5 nitrogen and oxygen atoms in total. The number of hydrogen-bond donors (Lipinski definition) is 1. The summed E-state index contributed by atoms with van der Waals surface area (Å²) < 4.78 is 4.30. The van der Waals surface area contributed by atoms with Crippen LogP contribution in [-0.2, 0) is 6.42 Å². The third-order valence-electron chi connectivity index (χ3n) is 3.88. The largest absolute Gasteiger partial charge is 0.318 e. The van der Waals surface area contributed by atoms with Crippen molar-refractivity contribution in [1.29, 1.82) is 0 Å². The zero-order valence-electron chi connectivity index (χ0n) is 13.7. The summed E-state index contributed by atoms with van der Waals surface area (Å²) in [6.45, 7) is 6.14. The Balaban J connectivity index is 2.02. The fourth-order valence-electron chi connectivity index (χ4n) is 2.72. The van der Waals surface area contributed by atoms with Gasteiger partial charge in [0.15, 0.2) is 5.82 Å². The Hall–Kier alpha value is -2.18. The number of aryl methyl sites for hydroxylation is 2. The van der Waals surface area contributed by atoms with E-state index >= 15 is 0 Å². The Morgan fingerprint density at radius 3 is 2.83 bits per heavy atom. The van der Waals surface area contributed by atoms with E-state index < -0.39 is 0 Å². The minimum atomic E-state index is 0.492. The minimum Gasteiger partial charge on any atom is -0.318 e. The quantitative estimate of drug-likeness (QED) is 0.552. The van der Waals surface area contributed by atoms with E-state index in [-0.39, 0.29) is 0 Å². The van der Waals surface area contributed by atoms with Crippen molar-refractivity contribution in [3.63, 3.8) is 0 Å². The topological polar surface area (TPSA) is 50.9 Å². The van der Waals surface area contributed by atoms with E-state index in [4.69, 9.17) is 23.8 Å². The van der Waals surface area contributed by atoms with Gasteiger partial charge in [0, 0.05) is 34.1 Å². The van der Waals surface area contributed by atoms with Crippen LogP contribution in [0.5, 0.6) is 0 Å². The van der Waals surface area contributed by atoms with E-state index in [1.807, 2.05) is 37.4 Å². The van der Waals surface area contributed by atoms with E-state index in [0.29, 0.717) is 9.79 Å². The number of nitrogens with one attached hydrogen (secondary N) is 1. The first-order valence-corrected chi connectivity index (χ1v) is 8.45. The normalized spacial score (nSPS) is 11.5. The van der Waals surface area contributed by atoms with Crippen molar-refractivity contribution in [3.8, 4) is 5.69 Å². The highest BCUT2D eigenvalue weighted by Gasteiger charge is 2.10. The molecule has 0 fully saturated rings. The van der Waals surface area contributed by atoms with Gasteiger partial charge in [-0.2, -0.15) is 14.9 Å². The number of halogens is 1. The summed E-state index contributed by atoms with van der Waals surface area (Å²) in [6, 6.07) is 9.89. The molecule has 7 heteroatoms. The summed E-state index contributed by atoms with van der Waals surface area (Å²) in [6.07, 6.45) is 2.57. The van der Waals surface area contributed by atoms with Crippen LogP contribution in [0.1, 0.15) is 29.7 Å². The molecule has 0 saturated carbocycles. The molecule has 0 amide bonds.